The summed E-state index contributed by atoms with van der Waals surface area (Å²) in [6.07, 6.45) is 11.3. The number of nitriles is 1. The molecule has 0 aromatic heterocycles. The summed E-state index contributed by atoms with van der Waals surface area (Å²) in [5, 5.41) is 18.8. The molecular weight excluding hydrogens is 480 g/mol. The maximum absolute atomic E-state index is 11.1. The lowest BCUT2D eigenvalue weighted by Gasteiger charge is -2.21. The monoisotopic (exact) mass is 518 g/mol. The average molecular weight is 519 g/mol. The number of aliphatic hydroxyl groups excluding tert-OH is 1. The molecule has 1 heterocycles. The quantitative estimate of drug-likeness (QED) is 0.307. The van der Waals surface area contributed by atoms with Crippen LogP contribution in [0.15, 0.2) is 80.7 Å². The molecule has 0 amide bonds. The number of benzene rings is 1. The molecule has 0 radical (unpaired) electrons. The summed E-state index contributed by atoms with van der Waals surface area (Å²) in [6.45, 7) is 9.30. The zero-order valence-electron chi connectivity index (χ0n) is 22.7. The van der Waals surface area contributed by atoms with Crippen molar-refractivity contribution in [1.82, 2.24) is 4.90 Å². The third-order valence-corrected chi connectivity index (χ3v) is 6.97. The van der Waals surface area contributed by atoms with Gasteiger partial charge in [0.25, 0.3) is 0 Å². The van der Waals surface area contributed by atoms with Crippen LogP contribution < -0.4 is 0 Å². The Morgan fingerprint density at radius 3 is 2.57 bits per heavy atom. The molecule has 3 rings (SSSR count). The van der Waals surface area contributed by atoms with Gasteiger partial charge in [0.05, 0.1) is 28.2 Å². The standard InChI is InChI=1S/C18H23N3O2S.C12H15N/c1-4-14-9-13(5-6-16(14)19-2)10-17(24-12-22)18(20-3)21-8-7-15(23)11-21;1-4-10-7-5-6-8-11(10)12(2,3)9-13/h4-6,9-10,12,15,23H,7-8,11H2,1-3H3;5-8H,4H2,1-3H3/b14-4-,17-10-,19-16?,20-18?;. The van der Waals surface area contributed by atoms with Crippen molar-refractivity contribution in [2.45, 2.75) is 52.1 Å². The van der Waals surface area contributed by atoms with Crippen LogP contribution >= 0.6 is 11.8 Å². The maximum atomic E-state index is 11.1. The molecule has 1 fully saturated rings. The van der Waals surface area contributed by atoms with Gasteiger partial charge in [0, 0.05) is 27.2 Å². The molecule has 1 N–H and O–H groups in total. The van der Waals surface area contributed by atoms with E-state index in [9.17, 15) is 9.90 Å². The van der Waals surface area contributed by atoms with Crippen LogP contribution in [0.5, 0.6) is 0 Å². The zero-order chi connectivity index (χ0) is 27.4. The molecule has 196 valence electrons. The van der Waals surface area contributed by atoms with Crippen molar-refractivity contribution in [3.63, 3.8) is 0 Å². The Labute approximate surface area is 225 Å². The van der Waals surface area contributed by atoms with Crippen LogP contribution in [0.2, 0.25) is 0 Å². The number of thioether (sulfide) groups is 1. The van der Waals surface area contributed by atoms with Crippen LogP contribution in [-0.2, 0) is 16.6 Å². The van der Waals surface area contributed by atoms with Crippen molar-refractivity contribution in [2.24, 2.45) is 9.98 Å². The van der Waals surface area contributed by atoms with Gasteiger partial charge in [-0.1, -0.05) is 55.1 Å². The van der Waals surface area contributed by atoms with E-state index in [1.54, 1.807) is 14.1 Å². The highest BCUT2D eigenvalue weighted by Crippen LogP contribution is 2.26. The van der Waals surface area contributed by atoms with Crippen molar-refractivity contribution >= 4 is 28.9 Å². The van der Waals surface area contributed by atoms with E-state index < -0.39 is 0 Å². The Morgan fingerprint density at radius 1 is 1.30 bits per heavy atom. The summed E-state index contributed by atoms with van der Waals surface area (Å²) in [7, 11) is 3.48. The molecule has 1 unspecified atom stereocenters. The number of aliphatic imine (C=N–C) groups is 2. The largest absolute Gasteiger partial charge is 0.391 e. The fraction of sp³-hybridized carbons (Fsp3) is 0.400. The van der Waals surface area contributed by atoms with Crippen LogP contribution in [0.3, 0.4) is 0 Å². The van der Waals surface area contributed by atoms with Crippen molar-refractivity contribution in [2.75, 3.05) is 27.2 Å². The van der Waals surface area contributed by atoms with E-state index in [1.807, 2.05) is 74.3 Å². The number of aliphatic hydroxyl groups is 1. The molecule has 0 spiro atoms. The lowest BCUT2D eigenvalue weighted by molar-refractivity contribution is 0.188. The summed E-state index contributed by atoms with van der Waals surface area (Å²) >= 11 is 1.11. The fourth-order valence-electron chi connectivity index (χ4n) is 4.29. The van der Waals surface area contributed by atoms with Gasteiger partial charge >= 0.3 is 0 Å². The van der Waals surface area contributed by atoms with Crippen LogP contribution in [0.1, 0.15) is 45.2 Å². The Kier molecular flexibility index (Phi) is 11.8. The fourth-order valence-corrected chi connectivity index (χ4v) is 4.93. The SMILES string of the molecule is C/C=C1C=C(/C=C(\SC=O)C(=NC)N2CCC(O)C2)C=CC/1=NC.CCc1ccccc1C(C)(C)C#N. The molecule has 6 nitrogen and oxygen atoms in total. The van der Waals surface area contributed by atoms with Gasteiger partial charge in [-0.25, -0.2) is 0 Å². The molecule has 0 bridgehead atoms. The first kappa shape index (κ1) is 30.0. The maximum Gasteiger partial charge on any atom is 0.181 e. The Balaban J connectivity index is 0.000000312. The third kappa shape index (κ3) is 8.14. The van der Waals surface area contributed by atoms with Crippen molar-refractivity contribution in [3.05, 3.63) is 81.8 Å². The summed E-state index contributed by atoms with van der Waals surface area (Å²) in [6, 6.07) is 10.5. The summed E-state index contributed by atoms with van der Waals surface area (Å²) in [4.78, 5) is 22.5. The van der Waals surface area contributed by atoms with E-state index in [0.29, 0.717) is 6.54 Å². The van der Waals surface area contributed by atoms with Gasteiger partial charge in [0.2, 0.25) is 0 Å². The minimum atomic E-state index is -0.368. The Bertz CT molecular complexity index is 1180. The second kappa shape index (κ2) is 14.5. The van der Waals surface area contributed by atoms with Gasteiger partial charge in [-0.3, -0.25) is 14.8 Å². The molecule has 1 aliphatic heterocycles. The minimum Gasteiger partial charge on any atom is -0.391 e. The molecule has 1 aromatic rings. The number of likely N-dealkylation sites (tertiary alicyclic amines) is 1. The number of hydrogen-bond acceptors (Lipinski definition) is 6. The first-order chi connectivity index (χ1) is 17.7. The van der Waals surface area contributed by atoms with Gasteiger partial charge in [0.15, 0.2) is 5.62 Å². The smallest absolute Gasteiger partial charge is 0.181 e. The van der Waals surface area contributed by atoms with Gasteiger partial charge < -0.3 is 10.0 Å². The van der Waals surface area contributed by atoms with E-state index in [2.05, 4.69) is 29.0 Å². The van der Waals surface area contributed by atoms with Crippen LogP contribution in [0.25, 0.3) is 0 Å². The van der Waals surface area contributed by atoms with Gasteiger partial charge in [-0.15, -0.1) is 0 Å². The number of carbonyl (C=O) groups is 1. The van der Waals surface area contributed by atoms with E-state index in [4.69, 9.17) is 5.26 Å². The van der Waals surface area contributed by atoms with Gasteiger partial charge in [0.1, 0.15) is 5.84 Å². The number of allylic oxidation sites excluding steroid dienone is 7. The topological polar surface area (TPSA) is 89.1 Å². The number of aryl methyl sites for hydroxylation is 1. The number of β-amino-alcohol motifs (C(OH)–C–C–N with tert-alkyl or cyclic N) is 1. The Hall–Kier alpha value is -3.21. The Morgan fingerprint density at radius 2 is 2.03 bits per heavy atom. The van der Waals surface area contributed by atoms with Crippen LogP contribution in [0.4, 0.5) is 0 Å². The lowest BCUT2D eigenvalue weighted by atomic mass is 9.82. The number of rotatable bonds is 6. The van der Waals surface area contributed by atoms with Gasteiger partial charge in [-0.2, -0.15) is 5.26 Å². The summed E-state index contributed by atoms with van der Waals surface area (Å²) in [5.74, 6) is 0.745. The molecule has 1 saturated heterocycles. The van der Waals surface area contributed by atoms with E-state index >= 15 is 0 Å². The molecule has 37 heavy (non-hydrogen) atoms. The molecule has 1 atom stereocenters. The van der Waals surface area contributed by atoms with E-state index in [-0.39, 0.29) is 11.5 Å². The number of nitrogens with zero attached hydrogens (tertiary/aromatic N) is 4. The number of carbonyl (C=O) groups excluding carboxylic acids is 1. The predicted molar refractivity (Wildman–Crippen MR) is 157 cm³/mol. The highest BCUT2D eigenvalue weighted by atomic mass is 32.2. The minimum absolute atomic E-state index is 0.337. The van der Waals surface area contributed by atoms with Crippen molar-refractivity contribution in [3.8, 4) is 6.07 Å². The molecule has 1 aromatic carbocycles. The van der Waals surface area contributed by atoms with Gasteiger partial charge in [-0.05, 0) is 74.1 Å². The molecule has 0 saturated carbocycles. The zero-order valence-corrected chi connectivity index (χ0v) is 23.5. The average Bonchev–Trinajstić information content (AvgIpc) is 3.35. The highest BCUT2D eigenvalue weighted by Gasteiger charge is 2.25. The number of hydrogen-bond donors (Lipinski definition) is 1. The molecule has 2 aliphatic rings. The first-order valence-electron chi connectivity index (χ1n) is 12.5. The summed E-state index contributed by atoms with van der Waals surface area (Å²) < 4.78 is 0. The van der Waals surface area contributed by atoms with E-state index in [1.165, 1.54) is 5.56 Å². The van der Waals surface area contributed by atoms with Crippen LogP contribution in [-0.4, -0.2) is 60.5 Å². The lowest BCUT2D eigenvalue weighted by Crippen LogP contribution is -2.30. The van der Waals surface area contributed by atoms with Crippen molar-refractivity contribution in [1.29, 1.82) is 5.26 Å². The van der Waals surface area contributed by atoms with E-state index in [0.717, 1.165) is 69.9 Å². The second-order valence-electron chi connectivity index (χ2n) is 9.24. The number of amidine groups is 1. The molecule has 7 heteroatoms. The van der Waals surface area contributed by atoms with Crippen molar-refractivity contribution < 1.29 is 9.90 Å². The first-order valence-corrected chi connectivity index (χ1v) is 13.4. The highest BCUT2D eigenvalue weighted by molar-refractivity contribution is 8.16. The third-order valence-electron chi connectivity index (χ3n) is 6.32. The summed E-state index contributed by atoms with van der Waals surface area (Å²) in [5.41, 5.74) is 5.84. The van der Waals surface area contributed by atoms with Crippen LogP contribution in [0, 0.1) is 11.3 Å². The second-order valence-corrected chi connectivity index (χ2v) is 10.1. The molecular formula is C30H38N4O2S. The predicted octanol–water partition coefficient (Wildman–Crippen LogP) is 5.45. The normalized spacial score (nSPS) is 20.4. The molecule has 1 aliphatic carbocycles.